The van der Waals surface area contributed by atoms with Gasteiger partial charge in [0, 0.05) is 25.7 Å². The van der Waals surface area contributed by atoms with Crippen molar-refractivity contribution >= 4 is 11.8 Å². The van der Waals surface area contributed by atoms with Crippen molar-refractivity contribution in [3.8, 4) is 0 Å². The van der Waals surface area contributed by atoms with E-state index in [1.54, 1.807) is 0 Å². The van der Waals surface area contributed by atoms with E-state index in [0.29, 0.717) is 19.8 Å². The zero-order valence-electron chi connectivity index (χ0n) is 15.9. The Morgan fingerprint density at radius 3 is 2.36 bits per heavy atom. The predicted molar refractivity (Wildman–Crippen MR) is 96.2 cm³/mol. The Labute approximate surface area is 151 Å². The molecular formula is C18H35FN2O4. The molecule has 0 saturated heterocycles. The second-order valence-corrected chi connectivity index (χ2v) is 5.98. The number of ether oxygens (including phenoxy) is 2. The van der Waals surface area contributed by atoms with Crippen molar-refractivity contribution < 1.29 is 23.5 Å². The summed E-state index contributed by atoms with van der Waals surface area (Å²) in [6.07, 6.45) is 2.91. The van der Waals surface area contributed by atoms with E-state index in [2.05, 4.69) is 10.6 Å². The molecule has 0 aromatic carbocycles. The molecule has 0 fully saturated rings. The lowest BCUT2D eigenvalue weighted by molar-refractivity contribution is -0.126. The summed E-state index contributed by atoms with van der Waals surface area (Å²) >= 11 is 0. The maximum absolute atomic E-state index is 13.7. The van der Waals surface area contributed by atoms with Crippen molar-refractivity contribution in [1.82, 2.24) is 10.6 Å². The van der Waals surface area contributed by atoms with Crippen LogP contribution in [0.1, 0.15) is 52.9 Å². The Bertz CT molecular complexity index is 352. The molecule has 1 atom stereocenters. The maximum Gasteiger partial charge on any atom is 0.245 e. The van der Waals surface area contributed by atoms with Gasteiger partial charge >= 0.3 is 0 Å². The highest BCUT2D eigenvalue weighted by Crippen LogP contribution is 2.07. The van der Waals surface area contributed by atoms with Gasteiger partial charge in [-0.2, -0.15) is 0 Å². The minimum atomic E-state index is -1.18. The number of hydrogen-bond donors (Lipinski definition) is 2. The lowest BCUT2D eigenvalue weighted by Crippen LogP contribution is -2.36. The number of carbonyl (C=O) groups excluding carboxylic acids is 2. The van der Waals surface area contributed by atoms with Gasteiger partial charge in [-0.05, 0) is 39.0 Å². The molecule has 2 amide bonds. The van der Waals surface area contributed by atoms with Crippen LogP contribution in [0.2, 0.25) is 0 Å². The van der Waals surface area contributed by atoms with Crippen molar-refractivity contribution in [2.45, 2.75) is 59.0 Å². The van der Waals surface area contributed by atoms with Crippen molar-refractivity contribution in [1.29, 1.82) is 0 Å². The van der Waals surface area contributed by atoms with Crippen LogP contribution in [0.25, 0.3) is 0 Å². The third-order valence-electron chi connectivity index (χ3n) is 3.88. The zero-order chi connectivity index (χ0) is 18.9. The fraction of sp³-hybridized carbons (Fsp3) is 0.889. The number of carbonyl (C=O) groups is 2. The number of amides is 2. The van der Waals surface area contributed by atoms with Gasteiger partial charge in [0.05, 0.1) is 13.2 Å². The third-order valence-corrected chi connectivity index (χ3v) is 3.88. The molecule has 25 heavy (non-hydrogen) atoms. The van der Waals surface area contributed by atoms with Gasteiger partial charge < -0.3 is 20.1 Å². The molecule has 1 unspecified atom stereocenters. The van der Waals surface area contributed by atoms with E-state index >= 15 is 0 Å². The summed E-state index contributed by atoms with van der Waals surface area (Å²) in [5.41, 5.74) is 0. The molecule has 0 radical (unpaired) electrons. The first kappa shape index (κ1) is 23.8. The average molecular weight is 362 g/mol. The molecule has 0 aliphatic heterocycles. The van der Waals surface area contributed by atoms with E-state index in [4.69, 9.17) is 9.47 Å². The van der Waals surface area contributed by atoms with E-state index in [1.807, 2.05) is 20.8 Å². The number of nitrogens with one attached hydrogen (secondary N) is 2. The van der Waals surface area contributed by atoms with Crippen LogP contribution in [0.15, 0.2) is 0 Å². The number of rotatable bonds is 16. The lowest BCUT2D eigenvalue weighted by Gasteiger charge is -2.14. The summed E-state index contributed by atoms with van der Waals surface area (Å²) in [7, 11) is 0. The van der Waals surface area contributed by atoms with Crippen LogP contribution in [0, 0.1) is 5.92 Å². The van der Waals surface area contributed by atoms with Crippen LogP contribution in [0.5, 0.6) is 0 Å². The molecule has 7 heteroatoms. The molecular weight excluding hydrogens is 327 g/mol. The number of halogens is 1. The minimum absolute atomic E-state index is 0.00119. The quantitative estimate of drug-likeness (QED) is 0.413. The van der Waals surface area contributed by atoms with Gasteiger partial charge in [-0.15, -0.1) is 0 Å². The number of unbranched alkanes of at least 4 members (excludes halogenated alkanes) is 2. The topological polar surface area (TPSA) is 76.7 Å². The Morgan fingerprint density at radius 1 is 1.00 bits per heavy atom. The minimum Gasteiger partial charge on any atom is -0.378 e. The highest BCUT2D eigenvalue weighted by atomic mass is 19.1. The standard InChI is InChI=1S/C18H35FN2O4/c1-4-15(5-2)18(23)21-12-16(19)13-25-11-9-7-8-10-20-17(22)14-24-6-3/h15-16H,4-14H2,1-3H3,(H,20,22)(H,21,23). The summed E-state index contributed by atoms with van der Waals surface area (Å²) in [6, 6.07) is 0. The first-order valence-electron chi connectivity index (χ1n) is 9.38. The van der Waals surface area contributed by atoms with Crippen molar-refractivity contribution in [2.75, 3.05) is 39.5 Å². The molecule has 0 aromatic rings. The number of hydrogen-bond acceptors (Lipinski definition) is 4. The SMILES string of the molecule is CCOCC(=O)NCCCCCOCC(F)CNC(=O)C(CC)CC. The van der Waals surface area contributed by atoms with Gasteiger partial charge in [0.1, 0.15) is 12.8 Å². The fourth-order valence-electron chi connectivity index (χ4n) is 2.26. The molecule has 148 valence electrons. The highest BCUT2D eigenvalue weighted by Gasteiger charge is 2.15. The molecule has 0 aliphatic carbocycles. The van der Waals surface area contributed by atoms with Crippen LogP contribution < -0.4 is 10.6 Å². The first-order chi connectivity index (χ1) is 12.0. The Morgan fingerprint density at radius 2 is 1.72 bits per heavy atom. The van der Waals surface area contributed by atoms with Gasteiger partial charge in [0.15, 0.2) is 0 Å². The van der Waals surface area contributed by atoms with E-state index < -0.39 is 6.17 Å². The van der Waals surface area contributed by atoms with E-state index in [-0.39, 0.29) is 37.5 Å². The first-order valence-corrected chi connectivity index (χ1v) is 9.38. The van der Waals surface area contributed by atoms with Crippen LogP contribution in [0.4, 0.5) is 4.39 Å². The van der Waals surface area contributed by atoms with Gasteiger partial charge in [0.2, 0.25) is 11.8 Å². The summed E-state index contributed by atoms with van der Waals surface area (Å²) < 4.78 is 23.9. The van der Waals surface area contributed by atoms with Crippen LogP contribution in [-0.2, 0) is 19.1 Å². The lowest BCUT2D eigenvalue weighted by atomic mass is 10.0. The summed E-state index contributed by atoms with van der Waals surface area (Å²) in [5, 5.41) is 5.40. The maximum atomic E-state index is 13.7. The van der Waals surface area contributed by atoms with Crippen molar-refractivity contribution in [3.63, 3.8) is 0 Å². The monoisotopic (exact) mass is 362 g/mol. The molecule has 0 heterocycles. The van der Waals surface area contributed by atoms with Gasteiger partial charge in [-0.3, -0.25) is 9.59 Å². The third kappa shape index (κ3) is 13.7. The Hall–Kier alpha value is -1.21. The van der Waals surface area contributed by atoms with Crippen LogP contribution in [-0.4, -0.2) is 57.5 Å². The Balaban J connectivity index is 3.47. The second kappa shape index (κ2) is 16.3. The largest absolute Gasteiger partial charge is 0.378 e. The normalized spacial score (nSPS) is 12.2. The zero-order valence-corrected chi connectivity index (χ0v) is 15.9. The van der Waals surface area contributed by atoms with Crippen molar-refractivity contribution in [2.24, 2.45) is 5.92 Å². The van der Waals surface area contributed by atoms with Gasteiger partial charge in [-0.1, -0.05) is 13.8 Å². The molecule has 2 N–H and O–H groups in total. The van der Waals surface area contributed by atoms with E-state index in [9.17, 15) is 14.0 Å². The molecule has 0 bridgehead atoms. The van der Waals surface area contributed by atoms with Gasteiger partial charge in [-0.25, -0.2) is 4.39 Å². The number of alkyl halides is 1. The Kier molecular flexibility index (Phi) is 15.5. The smallest absolute Gasteiger partial charge is 0.245 e. The van der Waals surface area contributed by atoms with Gasteiger partial charge in [0.25, 0.3) is 0 Å². The second-order valence-electron chi connectivity index (χ2n) is 5.98. The molecule has 0 spiro atoms. The molecule has 0 aliphatic rings. The molecule has 6 nitrogen and oxygen atoms in total. The van der Waals surface area contributed by atoms with Crippen LogP contribution in [0.3, 0.4) is 0 Å². The van der Waals surface area contributed by atoms with E-state index in [0.717, 1.165) is 32.1 Å². The molecule has 0 rings (SSSR count). The average Bonchev–Trinajstić information content (AvgIpc) is 2.61. The van der Waals surface area contributed by atoms with E-state index in [1.165, 1.54) is 0 Å². The fourth-order valence-corrected chi connectivity index (χ4v) is 2.26. The summed E-state index contributed by atoms with van der Waals surface area (Å²) in [4.78, 5) is 23.0. The van der Waals surface area contributed by atoms with Crippen molar-refractivity contribution in [3.05, 3.63) is 0 Å². The predicted octanol–water partition coefficient (Wildman–Crippen LogP) is 2.22. The summed E-state index contributed by atoms with van der Waals surface area (Å²) in [5.74, 6) is -0.227. The molecule has 0 aromatic heterocycles. The highest BCUT2D eigenvalue weighted by molar-refractivity contribution is 5.78. The molecule has 0 saturated carbocycles. The summed E-state index contributed by atoms with van der Waals surface area (Å²) in [6.45, 7) is 7.47. The van der Waals surface area contributed by atoms with Crippen LogP contribution >= 0.6 is 0 Å².